The van der Waals surface area contributed by atoms with Gasteiger partial charge in [-0.05, 0) is 32.2 Å². The Kier molecular flexibility index (Phi) is 2.14. The first-order valence-electron chi connectivity index (χ1n) is 4.70. The third-order valence-electron chi connectivity index (χ3n) is 3.13. The highest BCUT2D eigenvalue weighted by Crippen LogP contribution is 2.34. The zero-order chi connectivity index (χ0) is 7.68. The highest BCUT2D eigenvalue weighted by atomic mass is 16.5. The maximum atomic E-state index is 5.48. The predicted octanol–water partition coefficient (Wildman–Crippen LogP) is 1.16. The molecule has 1 aliphatic carbocycles. The summed E-state index contributed by atoms with van der Waals surface area (Å²) in [5.74, 6) is 0.908. The Balaban J connectivity index is 1.83. The molecule has 2 aliphatic rings. The van der Waals surface area contributed by atoms with Crippen LogP contribution in [0.3, 0.4) is 0 Å². The lowest BCUT2D eigenvalue weighted by molar-refractivity contribution is -0.0878. The predicted molar refractivity (Wildman–Crippen MR) is 44.5 cm³/mol. The summed E-state index contributed by atoms with van der Waals surface area (Å²) in [6.45, 7) is 0.982. The van der Waals surface area contributed by atoms with Crippen molar-refractivity contribution in [3.8, 4) is 0 Å². The van der Waals surface area contributed by atoms with Crippen molar-refractivity contribution in [2.24, 2.45) is 5.92 Å². The lowest BCUT2D eigenvalue weighted by atomic mass is 9.76. The van der Waals surface area contributed by atoms with E-state index in [0.717, 1.165) is 12.5 Å². The summed E-state index contributed by atoms with van der Waals surface area (Å²) in [6.07, 6.45) is 6.04. The van der Waals surface area contributed by atoms with E-state index in [0.29, 0.717) is 12.1 Å². The maximum absolute atomic E-state index is 5.48. The Morgan fingerprint density at radius 3 is 2.36 bits per heavy atom. The molecule has 1 heterocycles. The number of hydrogen-bond acceptors (Lipinski definition) is 2. The van der Waals surface area contributed by atoms with Crippen molar-refractivity contribution in [3.05, 3.63) is 0 Å². The van der Waals surface area contributed by atoms with E-state index in [1.165, 1.54) is 25.7 Å². The molecule has 0 aromatic rings. The third-order valence-corrected chi connectivity index (χ3v) is 3.13. The molecule has 2 nitrogen and oxygen atoms in total. The Labute approximate surface area is 68.3 Å². The summed E-state index contributed by atoms with van der Waals surface area (Å²) in [6, 6.07) is 0.650. The van der Waals surface area contributed by atoms with Crippen molar-refractivity contribution in [3.63, 3.8) is 0 Å². The van der Waals surface area contributed by atoms with Gasteiger partial charge in [-0.1, -0.05) is 6.42 Å². The first-order valence-corrected chi connectivity index (χ1v) is 4.70. The molecule has 1 saturated heterocycles. The Bertz CT molecular complexity index is 116. The topological polar surface area (TPSA) is 21.3 Å². The van der Waals surface area contributed by atoms with E-state index in [4.69, 9.17) is 4.74 Å². The summed E-state index contributed by atoms with van der Waals surface area (Å²) in [5, 5.41) is 3.38. The summed E-state index contributed by atoms with van der Waals surface area (Å²) < 4.78 is 5.48. The minimum atomic E-state index is 0.533. The van der Waals surface area contributed by atoms with Gasteiger partial charge in [0.05, 0.1) is 6.10 Å². The van der Waals surface area contributed by atoms with E-state index >= 15 is 0 Å². The fourth-order valence-electron chi connectivity index (χ4n) is 2.06. The van der Waals surface area contributed by atoms with E-state index in [1.54, 1.807) is 0 Å². The van der Waals surface area contributed by atoms with Crippen LogP contribution in [0.25, 0.3) is 0 Å². The van der Waals surface area contributed by atoms with Gasteiger partial charge in [0.1, 0.15) is 0 Å². The molecule has 0 radical (unpaired) electrons. The van der Waals surface area contributed by atoms with Crippen LogP contribution in [0.5, 0.6) is 0 Å². The van der Waals surface area contributed by atoms with Crippen LogP contribution in [-0.4, -0.2) is 25.8 Å². The Hall–Kier alpha value is -0.0800. The minimum absolute atomic E-state index is 0.533. The van der Waals surface area contributed by atoms with Gasteiger partial charge in [-0.15, -0.1) is 0 Å². The van der Waals surface area contributed by atoms with Gasteiger partial charge in [0.25, 0.3) is 0 Å². The molecule has 0 aromatic heterocycles. The molecule has 2 unspecified atom stereocenters. The van der Waals surface area contributed by atoms with Crippen LogP contribution >= 0.6 is 0 Å². The molecule has 0 amide bonds. The zero-order valence-electron chi connectivity index (χ0n) is 7.18. The molecule has 1 aliphatic heterocycles. The van der Waals surface area contributed by atoms with Gasteiger partial charge >= 0.3 is 0 Å². The summed E-state index contributed by atoms with van der Waals surface area (Å²) in [7, 11) is 2.06. The number of nitrogens with one attached hydrogen (secondary N) is 1. The molecule has 1 saturated carbocycles. The van der Waals surface area contributed by atoms with Crippen molar-refractivity contribution in [2.75, 3.05) is 13.7 Å². The maximum Gasteiger partial charge on any atom is 0.0752 e. The molecule has 0 aromatic carbocycles. The van der Waals surface area contributed by atoms with Crippen molar-refractivity contribution in [1.29, 1.82) is 0 Å². The molecule has 2 fully saturated rings. The average Bonchev–Trinajstić information content (AvgIpc) is 1.78. The van der Waals surface area contributed by atoms with Crippen LogP contribution in [0, 0.1) is 5.92 Å². The van der Waals surface area contributed by atoms with Gasteiger partial charge in [0.2, 0.25) is 0 Å². The van der Waals surface area contributed by atoms with Crippen molar-refractivity contribution in [2.45, 2.75) is 37.8 Å². The second-order valence-electron chi connectivity index (χ2n) is 3.70. The van der Waals surface area contributed by atoms with E-state index < -0.39 is 0 Å². The summed E-state index contributed by atoms with van der Waals surface area (Å²) >= 11 is 0. The van der Waals surface area contributed by atoms with E-state index in [-0.39, 0.29) is 0 Å². The van der Waals surface area contributed by atoms with E-state index in [1.807, 2.05) is 0 Å². The minimum Gasteiger partial charge on any atom is -0.376 e. The smallest absolute Gasteiger partial charge is 0.0752 e. The second kappa shape index (κ2) is 3.11. The van der Waals surface area contributed by atoms with Gasteiger partial charge in [0.15, 0.2) is 0 Å². The number of likely N-dealkylation sites (N-methyl/N-ethyl adjacent to an activating group) is 1. The zero-order valence-corrected chi connectivity index (χ0v) is 7.18. The number of hydrogen-bond donors (Lipinski definition) is 1. The summed E-state index contributed by atoms with van der Waals surface area (Å²) in [4.78, 5) is 0. The van der Waals surface area contributed by atoms with Crippen molar-refractivity contribution < 1.29 is 4.74 Å². The van der Waals surface area contributed by atoms with Gasteiger partial charge in [0, 0.05) is 12.6 Å². The first kappa shape index (κ1) is 7.56. The van der Waals surface area contributed by atoms with Gasteiger partial charge < -0.3 is 10.1 Å². The quantitative estimate of drug-likeness (QED) is 0.660. The molecular formula is C9H17NO. The van der Waals surface area contributed by atoms with Crippen LogP contribution in [0.4, 0.5) is 0 Å². The third kappa shape index (κ3) is 1.30. The number of ether oxygens (including phenoxy) is 1. The average molecular weight is 155 g/mol. The number of rotatable bonds is 3. The van der Waals surface area contributed by atoms with Crippen LogP contribution < -0.4 is 5.32 Å². The van der Waals surface area contributed by atoms with E-state index in [9.17, 15) is 0 Å². The largest absolute Gasteiger partial charge is 0.376 e. The summed E-state index contributed by atoms with van der Waals surface area (Å²) in [5.41, 5.74) is 0. The standard InChI is InChI=1S/C9H17NO/c1-10-9(7-3-2-4-7)8-5-6-11-8/h7-10H,2-6H2,1H3. The second-order valence-corrected chi connectivity index (χ2v) is 3.70. The van der Waals surface area contributed by atoms with Gasteiger partial charge in [-0.2, -0.15) is 0 Å². The highest BCUT2D eigenvalue weighted by molar-refractivity contribution is 4.90. The normalized spacial score (nSPS) is 34.1. The Morgan fingerprint density at radius 1 is 1.36 bits per heavy atom. The van der Waals surface area contributed by atoms with Crippen LogP contribution in [0.2, 0.25) is 0 Å². The molecule has 0 bridgehead atoms. The first-order chi connectivity index (χ1) is 5.42. The molecule has 64 valence electrons. The Morgan fingerprint density at radius 2 is 2.09 bits per heavy atom. The molecule has 11 heavy (non-hydrogen) atoms. The highest BCUT2D eigenvalue weighted by Gasteiger charge is 2.35. The molecule has 0 spiro atoms. The molecule has 1 N–H and O–H groups in total. The monoisotopic (exact) mass is 155 g/mol. The lowest BCUT2D eigenvalue weighted by Gasteiger charge is -2.42. The van der Waals surface area contributed by atoms with Gasteiger partial charge in [-0.25, -0.2) is 0 Å². The molecular weight excluding hydrogens is 138 g/mol. The SMILES string of the molecule is CNC(C1CCC1)C1CCO1. The fourth-order valence-corrected chi connectivity index (χ4v) is 2.06. The van der Waals surface area contributed by atoms with Gasteiger partial charge in [-0.3, -0.25) is 0 Å². The van der Waals surface area contributed by atoms with Crippen LogP contribution in [0.1, 0.15) is 25.7 Å². The van der Waals surface area contributed by atoms with Crippen molar-refractivity contribution in [1.82, 2.24) is 5.32 Å². The van der Waals surface area contributed by atoms with Crippen LogP contribution in [0.15, 0.2) is 0 Å². The van der Waals surface area contributed by atoms with Crippen molar-refractivity contribution >= 4 is 0 Å². The molecule has 2 heteroatoms. The van der Waals surface area contributed by atoms with Crippen LogP contribution in [-0.2, 0) is 4.74 Å². The van der Waals surface area contributed by atoms with E-state index in [2.05, 4.69) is 12.4 Å². The molecule has 2 rings (SSSR count). The lowest BCUT2D eigenvalue weighted by Crippen LogP contribution is -2.51. The fraction of sp³-hybridized carbons (Fsp3) is 1.00. The molecule has 2 atom stereocenters.